The fraction of sp³-hybridized carbons (Fsp3) is 0.346. The van der Waals surface area contributed by atoms with E-state index in [0.29, 0.717) is 16.7 Å². The van der Waals surface area contributed by atoms with Crippen molar-refractivity contribution < 1.29 is 23.7 Å². The Labute approximate surface area is 222 Å². The van der Waals surface area contributed by atoms with E-state index in [-0.39, 0.29) is 19.8 Å². The van der Waals surface area contributed by atoms with Gasteiger partial charge in [0.25, 0.3) is 5.56 Å². The maximum absolute atomic E-state index is 12.6. The van der Waals surface area contributed by atoms with E-state index in [1.54, 1.807) is 24.3 Å². The van der Waals surface area contributed by atoms with Gasteiger partial charge in [-0.25, -0.2) is 4.79 Å². The minimum Gasteiger partial charge on any atom is -0.465 e. The lowest BCUT2D eigenvalue weighted by Crippen LogP contribution is -2.38. The highest BCUT2D eigenvalue weighted by Gasteiger charge is 2.47. The number of aromatic amines is 1. The summed E-state index contributed by atoms with van der Waals surface area (Å²) in [7, 11) is 0. The molecule has 0 saturated carbocycles. The van der Waals surface area contributed by atoms with Gasteiger partial charge < -0.3 is 18.9 Å². The lowest BCUT2D eigenvalue weighted by Gasteiger charge is -2.24. The predicted octanol–water partition coefficient (Wildman–Crippen LogP) is 3.72. The second-order valence-electron chi connectivity index (χ2n) is 8.59. The Hall–Kier alpha value is -2.95. The number of nitrogens with zero attached hydrogens (tertiary/aromatic N) is 1. The van der Waals surface area contributed by atoms with Crippen LogP contribution in [0.5, 0.6) is 0 Å². The highest BCUT2D eigenvalue weighted by Crippen LogP contribution is 2.37. The molecule has 9 nitrogen and oxygen atoms in total. The summed E-state index contributed by atoms with van der Waals surface area (Å²) in [5, 5.41) is 1.23. The number of H-pyrrole nitrogens is 1. The fourth-order valence-electron chi connectivity index (χ4n) is 4.10. The first-order chi connectivity index (χ1) is 17.8. The summed E-state index contributed by atoms with van der Waals surface area (Å²) in [5.74, 6) is -1.05. The number of carbonyl (C=O) groups is 1. The Morgan fingerprint density at radius 2 is 1.57 bits per heavy atom. The summed E-state index contributed by atoms with van der Waals surface area (Å²) in [4.78, 5) is 38.1. The van der Waals surface area contributed by atoms with Crippen molar-refractivity contribution >= 4 is 29.2 Å². The minimum atomic E-state index is -0.872. The van der Waals surface area contributed by atoms with Gasteiger partial charge in [-0.05, 0) is 35.4 Å². The maximum atomic E-state index is 12.6. The van der Waals surface area contributed by atoms with Gasteiger partial charge in [-0.15, -0.1) is 0 Å². The summed E-state index contributed by atoms with van der Waals surface area (Å²) < 4.78 is 25.0. The fourth-order valence-corrected chi connectivity index (χ4v) is 4.35. The normalized spacial score (nSPS) is 21.2. The number of ether oxygens (including phenoxy) is 4. The number of esters is 1. The molecule has 0 amide bonds. The SMILES string of the molecule is CC(=O)OC[C@@H]1[C@H](OCc2ccc(Cl)cc2)[C@@H](COCc2ccc(Cl)cc2)O[C@H]1n1ccc(=O)[nH]c1=O. The zero-order chi connectivity index (χ0) is 26.4. The molecule has 2 aromatic carbocycles. The number of benzene rings is 2. The lowest BCUT2D eigenvalue weighted by atomic mass is 10.00. The molecule has 1 aromatic heterocycles. The Morgan fingerprint density at radius 3 is 2.16 bits per heavy atom. The van der Waals surface area contributed by atoms with Gasteiger partial charge in [-0.1, -0.05) is 47.5 Å². The molecule has 11 heteroatoms. The number of halogens is 2. The molecule has 37 heavy (non-hydrogen) atoms. The molecule has 0 unspecified atom stereocenters. The topological polar surface area (TPSA) is 109 Å². The van der Waals surface area contributed by atoms with Crippen LogP contribution in [0.4, 0.5) is 0 Å². The van der Waals surface area contributed by atoms with Crippen molar-refractivity contribution in [3.05, 3.63) is 103 Å². The Morgan fingerprint density at radius 1 is 0.946 bits per heavy atom. The molecule has 4 rings (SSSR count). The molecule has 1 N–H and O–H groups in total. The van der Waals surface area contributed by atoms with Crippen LogP contribution in [0, 0.1) is 5.92 Å². The van der Waals surface area contributed by atoms with E-state index >= 15 is 0 Å². The molecule has 1 fully saturated rings. The van der Waals surface area contributed by atoms with E-state index in [0.717, 1.165) is 11.1 Å². The molecule has 0 bridgehead atoms. The summed E-state index contributed by atoms with van der Waals surface area (Å²) in [5.41, 5.74) is 0.616. The van der Waals surface area contributed by atoms with Crippen molar-refractivity contribution in [2.24, 2.45) is 5.92 Å². The van der Waals surface area contributed by atoms with E-state index < -0.39 is 41.6 Å². The van der Waals surface area contributed by atoms with Gasteiger partial charge in [0.15, 0.2) is 0 Å². The molecule has 1 saturated heterocycles. The van der Waals surface area contributed by atoms with Crippen LogP contribution in [0.1, 0.15) is 24.3 Å². The maximum Gasteiger partial charge on any atom is 0.330 e. The second-order valence-corrected chi connectivity index (χ2v) is 9.47. The molecule has 0 aliphatic carbocycles. The Bertz CT molecular complexity index is 1310. The third-order valence-corrected chi connectivity index (χ3v) is 6.40. The van der Waals surface area contributed by atoms with Crippen LogP contribution in [0.25, 0.3) is 0 Å². The van der Waals surface area contributed by atoms with Gasteiger partial charge in [0.1, 0.15) is 18.9 Å². The number of hydrogen-bond donors (Lipinski definition) is 1. The monoisotopic (exact) mass is 548 g/mol. The number of rotatable bonds is 10. The smallest absolute Gasteiger partial charge is 0.330 e. The third kappa shape index (κ3) is 7.30. The van der Waals surface area contributed by atoms with Gasteiger partial charge in [-0.2, -0.15) is 0 Å². The second kappa shape index (κ2) is 12.5. The van der Waals surface area contributed by atoms with Crippen LogP contribution >= 0.6 is 23.2 Å². The summed E-state index contributed by atoms with van der Waals surface area (Å²) in [6.07, 6.45) is -0.740. The van der Waals surface area contributed by atoms with Gasteiger partial charge in [0, 0.05) is 29.2 Å². The van der Waals surface area contributed by atoms with Crippen LogP contribution in [0.15, 0.2) is 70.4 Å². The molecule has 196 valence electrons. The van der Waals surface area contributed by atoms with E-state index in [1.807, 2.05) is 24.3 Å². The van der Waals surface area contributed by atoms with Crippen LogP contribution in [-0.4, -0.2) is 40.9 Å². The van der Waals surface area contributed by atoms with Crippen molar-refractivity contribution in [3.8, 4) is 0 Å². The van der Waals surface area contributed by atoms with Crippen molar-refractivity contribution in [1.82, 2.24) is 9.55 Å². The van der Waals surface area contributed by atoms with Crippen molar-refractivity contribution in [2.75, 3.05) is 13.2 Å². The van der Waals surface area contributed by atoms with Crippen molar-refractivity contribution in [3.63, 3.8) is 0 Å². The van der Waals surface area contributed by atoms with Crippen LogP contribution in [0.2, 0.25) is 10.0 Å². The first-order valence-electron chi connectivity index (χ1n) is 11.6. The quantitative estimate of drug-likeness (QED) is 0.384. The molecule has 1 aliphatic heterocycles. The van der Waals surface area contributed by atoms with Crippen LogP contribution in [-0.2, 0) is 37.0 Å². The predicted molar refractivity (Wildman–Crippen MR) is 136 cm³/mol. The summed E-state index contributed by atoms with van der Waals surface area (Å²) >= 11 is 12.0. The van der Waals surface area contributed by atoms with Crippen molar-refractivity contribution in [2.45, 2.75) is 38.6 Å². The molecule has 0 radical (unpaired) electrons. The zero-order valence-electron chi connectivity index (χ0n) is 20.0. The molecular formula is C26H26Cl2N2O7. The van der Waals surface area contributed by atoms with Crippen molar-refractivity contribution in [1.29, 1.82) is 0 Å². The number of carbonyl (C=O) groups excluding carboxylic acids is 1. The van der Waals surface area contributed by atoms with Gasteiger partial charge >= 0.3 is 11.7 Å². The van der Waals surface area contributed by atoms with Crippen LogP contribution < -0.4 is 11.2 Å². The largest absolute Gasteiger partial charge is 0.465 e. The van der Waals surface area contributed by atoms with E-state index in [2.05, 4.69) is 4.98 Å². The molecule has 3 aromatic rings. The highest BCUT2D eigenvalue weighted by molar-refractivity contribution is 6.30. The summed E-state index contributed by atoms with van der Waals surface area (Å²) in [6, 6.07) is 15.7. The van der Waals surface area contributed by atoms with E-state index in [1.165, 1.54) is 23.8 Å². The third-order valence-electron chi connectivity index (χ3n) is 5.89. The number of hydrogen-bond acceptors (Lipinski definition) is 7. The molecule has 1 aliphatic rings. The van der Waals surface area contributed by atoms with Gasteiger partial charge in [0.05, 0.1) is 31.8 Å². The Kier molecular flexibility index (Phi) is 9.18. The standard InChI is InChI=1S/C26H26Cl2N2O7/c1-16(31)35-14-21-24(36-13-18-4-8-20(28)9-5-18)22(15-34-12-17-2-6-19(27)7-3-17)37-25(21)30-11-10-23(32)29-26(30)33/h2-11,21-22,24-25H,12-15H2,1H3,(H,29,32,33)/t21-,22-,24+,25-/m1/s1. The average Bonchev–Trinajstić information content (AvgIpc) is 3.20. The number of aromatic nitrogens is 2. The average molecular weight is 549 g/mol. The van der Waals surface area contributed by atoms with Crippen LogP contribution in [0.3, 0.4) is 0 Å². The highest BCUT2D eigenvalue weighted by atomic mass is 35.5. The first-order valence-corrected chi connectivity index (χ1v) is 12.3. The Balaban J connectivity index is 1.57. The molecule has 4 atom stereocenters. The molecular weight excluding hydrogens is 523 g/mol. The molecule has 0 spiro atoms. The lowest BCUT2D eigenvalue weighted by molar-refractivity contribution is -0.144. The minimum absolute atomic E-state index is 0.0649. The van der Waals surface area contributed by atoms with Gasteiger partial charge in [-0.3, -0.25) is 19.1 Å². The van der Waals surface area contributed by atoms with E-state index in [4.69, 9.17) is 42.1 Å². The number of nitrogens with one attached hydrogen (secondary N) is 1. The van der Waals surface area contributed by atoms with Gasteiger partial charge in [0.2, 0.25) is 0 Å². The molecule has 2 heterocycles. The summed E-state index contributed by atoms with van der Waals surface area (Å²) in [6.45, 7) is 1.90. The zero-order valence-corrected chi connectivity index (χ0v) is 21.5. The first kappa shape index (κ1) is 27.1. The van der Waals surface area contributed by atoms with E-state index in [9.17, 15) is 14.4 Å².